The first-order valence-corrected chi connectivity index (χ1v) is 9.64. The molecule has 8 heteroatoms. The molecule has 2 heterocycles. The van der Waals surface area contributed by atoms with Crippen LogP contribution in [0.2, 0.25) is 5.15 Å². The van der Waals surface area contributed by atoms with Crippen LogP contribution in [0.4, 0.5) is 11.5 Å². The summed E-state index contributed by atoms with van der Waals surface area (Å²) in [5.74, 6) is 0.930. The number of halogens is 1. The molecule has 0 bridgehead atoms. The van der Waals surface area contributed by atoms with E-state index in [2.05, 4.69) is 29.2 Å². The summed E-state index contributed by atoms with van der Waals surface area (Å²) in [7, 11) is -3.22. The molecule has 0 amide bonds. The molecule has 1 N–H and O–H groups in total. The summed E-state index contributed by atoms with van der Waals surface area (Å²) < 4.78 is 24.7. The first-order chi connectivity index (χ1) is 11.3. The van der Waals surface area contributed by atoms with E-state index in [9.17, 15) is 8.42 Å². The quantitative estimate of drug-likeness (QED) is 0.715. The van der Waals surface area contributed by atoms with E-state index in [-0.39, 0.29) is 10.8 Å². The lowest BCUT2D eigenvalue weighted by Gasteiger charge is -2.10. The maximum Gasteiger partial charge on any atom is 0.175 e. The van der Waals surface area contributed by atoms with Gasteiger partial charge in [0, 0.05) is 23.6 Å². The van der Waals surface area contributed by atoms with Gasteiger partial charge in [-0.15, -0.1) is 0 Å². The Bertz CT molecular complexity index is 995. The maximum atomic E-state index is 11.5. The van der Waals surface area contributed by atoms with E-state index in [0.29, 0.717) is 16.6 Å². The number of anilines is 2. The Hall–Kier alpha value is -2.12. The molecule has 6 nitrogen and oxygen atoms in total. The van der Waals surface area contributed by atoms with Crippen LogP contribution in [0.1, 0.15) is 25.3 Å². The fourth-order valence-electron chi connectivity index (χ4n) is 2.38. The third-order valence-corrected chi connectivity index (χ3v) is 4.97. The van der Waals surface area contributed by atoms with Gasteiger partial charge in [-0.3, -0.25) is 0 Å². The molecule has 0 atom stereocenters. The van der Waals surface area contributed by atoms with Gasteiger partial charge in [0.25, 0.3) is 0 Å². The summed E-state index contributed by atoms with van der Waals surface area (Å²) >= 11 is 6.14. The zero-order valence-electron chi connectivity index (χ0n) is 13.5. The van der Waals surface area contributed by atoms with Gasteiger partial charge in [-0.1, -0.05) is 25.4 Å². The van der Waals surface area contributed by atoms with Crippen LogP contribution in [-0.2, 0) is 9.84 Å². The van der Waals surface area contributed by atoms with Crippen molar-refractivity contribution in [3.63, 3.8) is 0 Å². The molecule has 3 rings (SSSR count). The fourth-order valence-corrected chi connectivity index (χ4v) is 3.19. The molecule has 0 unspecified atom stereocenters. The molecule has 3 aromatic rings. The Balaban J connectivity index is 2.01. The summed E-state index contributed by atoms with van der Waals surface area (Å²) in [5.41, 5.74) is 2.44. The molecule has 0 saturated carbocycles. The molecule has 1 aromatic carbocycles. The van der Waals surface area contributed by atoms with Gasteiger partial charge in [0.15, 0.2) is 15.5 Å². The van der Waals surface area contributed by atoms with Gasteiger partial charge in [-0.25, -0.2) is 13.4 Å². The monoisotopic (exact) mass is 364 g/mol. The van der Waals surface area contributed by atoms with Gasteiger partial charge in [0.1, 0.15) is 11.0 Å². The van der Waals surface area contributed by atoms with E-state index in [4.69, 9.17) is 11.6 Å². The molecular weight excluding hydrogens is 348 g/mol. The van der Waals surface area contributed by atoms with Crippen LogP contribution in [-0.4, -0.2) is 29.3 Å². The highest BCUT2D eigenvalue weighted by Gasteiger charge is 2.14. The highest BCUT2D eigenvalue weighted by atomic mass is 35.5. The molecule has 2 aromatic heterocycles. The Kier molecular flexibility index (Phi) is 4.23. The van der Waals surface area contributed by atoms with Crippen LogP contribution < -0.4 is 5.32 Å². The smallest absolute Gasteiger partial charge is 0.175 e. The normalized spacial score (nSPS) is 12.0. The van der Waals surface area contributed by atoms with Gasteiger partial charge >= 0.3 is 0 Å². The lowest BCUT2D eigenvalue weighted by atomic mass is 10.1. The minimum Gasteiger partial charge on any atom is -0.340 e. The number of benzene rings is 1. The Morgan fingerprint density at radius 2 is 1.88 bits per heavy atom. The van der Waals surface area contributed by atoms with Crippen LogP contribution in [0.3, 0.4) is 0 Å². The Morgan fingerprint density at radius 1 is 1.21 bits per heavy atom. The van der Waals surface area contributed by atoms with Crippen LogP contribution in [0, 0.1) is 0 Å². The van der Waals surface area contributed by atoms with Crippen LogP contribution >= 0.6 is 11.6 Å². The summed E-state index contributed by atoms with van der Waals surface area (Å²) in [6, 6.07) is 8.18. The first-order valence-electron chi connectivity index (χ1n) is 7.37. The topological polar surface area (TPSA) is 76.4 Å². The second-order valence-corrected chi connectivity index (χ2v) is 8.28. The molecule has 0 spiro atoms. The van der Waals surface area contributed by atoms with Crippen molar-refractivity contribution in [1.82, 2.24) is 14.6 Å². The number of rotatable bonds is 4. The highest BCUT2D eigenvalue weighted by molar-refractivity contribution is 7.90. The van der Waals surface area contributed by atoms with Crippen molar-refractivity contribution in [2.24, 2.45) is 0 Å². The second-order valence-electron chi connectivity index (χ2n) is 5.88. The Morgan fingerprint density at radius 3 is 2.46 bits per heavy atom. The van der Waals surface area contributed by atoms with Crippen LogP contribution in [0.25, 0.3) is 5.65 Å². The predicted octanol–water partition coefficient (Wildman–Crippen LogP) is 3.65. The molecule has 0 fully saturated rings. The van der Waals surface area contributed by atoms with Crippen molar-refractivity contribution < 1.29 is 8.42 Å². The zero-order chi connectivity index (χ0) is 17.5. The van der Waals surface area contributed by atoms with Crippen LogP contribution in [0.15, 0.2) is 41.4 Å². The second kappa shape index (κ2) is 6.07. The van der Waals surface area contributed by atoms with Crippen molar-refractivity contribution in [2.45, 2.75) is 24.7 Å². The highest BCUT2D eigenvalue weighted by Crippen LogP contribution is 2.26. The van der Waals surface area contributed by atoms with E-state index >= 15 is 0 Å². The molecular formula is C16H17ClN4O2S. The van der Waals surface area contributed by atoms with Gasteiger partial charge in [0.2, 0.25) is 0 Å². The van der Waals surface area contributed by atoms with E-state index in [0.717, 1.165) is 11.3 Å². The fraction of sp³-hybridized carbons (Fsp3) is 0.250. The first kappa shape index (κ1) is 16.7. The average molecular weight is 365 g/mol. The molecule has 0 aliphatic heterocycles. The molecule has 24 heavy (non-hydrogen) atoms. The SMILES string of the molecule is CC(C)c1cnn2c(Nc3ccc(S(C)(=O)=O)cc3)cc(Cl)nc12. The molecule has 0 aliphatic carbocycles. The van der Waals surface area contributed by atoms with Gasteiger partial charge in [0.05, 0.1) is 11.1 Å². The summed E-state index contributed by atoms with van der Waals surface area (Å²) in [6.45, 7) is 4.13. The summed E-state index contributed by atoms with van der Waals surface area (Å²) in [4.78, 5) is 4.62. The summed E-state index contributed by atoms with van der Waals surface area (Å²) in [5, 5.41) is 7.93. The van der Waals surface area contributed by atoms with Gasteiger partial charge in [-0.2, -0.15) is 9.61 Å². The van der Waals surface area contributed by atoms with E-state index < -0.39 is 9.84 Å². The Labute approximate surface area is 145 Å². The largest absolute Gasteiger partial charge is 0.340 e. The van der Waals surface area contributed by atoms with Crippen molar-refractivity contribution in [3.8, 4) is 0 Å². The number of hydrogen-bond acceptors (Lipinski definition) is 5. The van der Waals surface area contributed by atoms with Crippen molar-refractivity contribution in [2.75, 3.05) is 11.6 Å². The molecule has 0 aliphatic rings. The van der Waals surface area contributed by atoms with Crippen molar-refractivity contribution in [3.05, 3.63) is 47.2 Å². The van der Waals surface area contributed by atoms with E-state index in [1.54, 1.807) is 41.0 Å². The third kappa shape index (κ3) is 3.22. The number of hydrogen-bond donors (Lipinski definition) is 1. The van der Waals surface area contributed by atoms with E-state index in [1.165, 1.54) is 6.26 Å². The van der Waals surface area contributed by atoms with Crippen LogP contribution in [0.5, 0.6) is 0 Å². The van der Waals surface area contributed by atoms with E-state index in [1.807, 2.05) is 0 Å². The van der Waals surface area contributed by atoms with Gasteiger partial charge in [-0.05, 0) is 30.2 Å². The number of fused-ring (bicyclic) bond motifs is 1. The molecule has 0 radical (unpaired) electrons. The zero-order valence-corrected chi connectivity index (χ0v) is 15.1. The lowest BCUT2D eigenvalue weighted by Crippen LogP contribution is -2.03. The van der Waals surface area contributed by atoms with Crippen molar-refractivity contribution >= 4 is 38.6 Å². The number of nitrogens with zero attached hydrogens (tertiary/aromatic N) is 3. The number of nitrogens with one attached hydrogen (secondary N) is 1. The minimum absolute atomic E-state index is 0.271. The number of sulfone groups is 1. The molecule has 0 saturated heterocycles. The van der Waals surface area contributed by atoms with Crippen molar-refractivity contribution in [1.29, 1.82) is 0 Å². The third-order valence-electron chi connectivity index (χ3n) is 3.64. The lowest BCUT2D eigenvalue weighted by molar-refractivity contribution is 0.602. The standard InChI is InChI=1S/C16H17ClN4O2S/c1-10(2)13-9-18-21-15(8-14(17)20-16(13)21)19-11-4-6-12(7-5-11)24(3,22)23/h4-10,19H,1-3H3. The average Bonchev–Trinajstić information content (AvgIpc) is 2.90. The molecule has 126 valence electrons. The number of aromatic nitrogens is 3. The minimum atomic E-state index is -3.22. The summed E-state index contributed by atoms with van der Waals surface area (Å²) in [6.07, 6.45) is 2.96. The van der Waals surface area contributed by atoms with Gasteiger partial charge < -0.3 is 5.32 Å². The maximum absolute atomic E-state index is 11.5. The predicted molar refractivity (Wildman–Crippen MR) is 94.9 cm³/mol.